The van der Waals surface area contributed by atoms with Crippen LogP contribution < -0.4 is 9.13 Å². The molecule has 0 radical (unpaired) electrons. The van der Waals surface area contributed by atoms with Gasteiger partial charge in [0.05, 0.1) is 20.9 Å². The molecule has 0 spiro atoms. The Hall–Kier alpha value is -5.66. The van der Waals surface area contributed by atoms with Gasteiger partial charge in [0.2, 0.25) is 11.0 Å². The highest BCUT2D eigenvalue weighted by molar-refractivity contribution is 7.86. The van der Waals surface area contributed by atoms with Crippen LogP contribution in [0.25, 0.3) is 21.8 Å². The van der Waals surface area contributed by atoms with Gasteiger partial charge in [-0.15, -0.1) is 0 Å². The molecular weight excluding hydrogens is 689 g/mol. The molecule has 0 saturated heterocycles. The zero-order valence-electron chi connectivity index (χ0n) is 27.7. The number of allylic oxidation sites excluding steroid dienone is 2. The third-order valence-electron chi connectivity index (χ3n) is 7.10. The smallest absolute Gasteiger partial charge is 0.223 e. The van der Waals surface area contributed by atoms with E-state index in [4.69, 9.17) is 0 Å². The molecule has 0 saturated carbocycles. The van der Waals surface area contributed by atoms with Crippen molar-refractivity contribution in [1.82, 2.24) is 0 Å². The van der Waals surface area contributed by atoms with E-state index in [9.17, 15) is 35.5 Å². The molecule has 262 valence electrons. The molecule has 0 N–H and O–H groups in total. The molecular formula is C39H36N2O8S2. The van der Waals surface area contributed by atoms with Crippen molar-refractivity contribution in [2.45, 2.75) is 29.8 Å². The maximum Gasteiger partial charge on any atom is 0.223 e. The molecule has 0 aliphatic carbocycles. The summed E-state index contributed by atoms with van der Waals surface area (Å²) in [4.78, 5) is 21.5. The van der Waals surface area contributed by atoms with Crippen molar-refractivity contribution in [3.05, 3.63) is 170 Å². The number of hydrogen-bond donors (Lipinski definition) is 0. The predicted octanol–water partition coefficient (Wildman–Crippen LogP) is 5.74. The lowest BCUT2D eigenvalue weighted by Gasteiger charge is -2.05. The molecule has 2 heterocycles. The topological polar surface area (TPSA) is 156 Å². The Balaban J connectivity index is 0.000000187. The monoisotopic (exact) mass is 724 g/mol. The molecule has 0 fully saturated rings. The maximum absolute atomic E-state index is 10.9. The molecule has 0 aliphatic rings. The Morgan fingerprint density at radius 3 is 1.29 bits per heavy atom. The van der Waals surface area contributed by atoms with Gasteiger partial charge in [-0.3, -0.25) is 9.59 Å². The van der Waals surface area contributed by atoms with Crippen molar-refractivity contribution in [3.8, 4) is 0 Å². The van der Waals surface area contributed by atoms with E-state index >= 15 is 0 Å². The predicted molar refractivity (Wildman–Crippen MR) is 193 cm³/mol. The first-order chi connectivity index (χ1) is 24.3. The van der Waals surface area contributed by atoms with Crippen LogP contribution >= 0.6 is 0 Å². The molecule has 6 aromatic rings. The molecule has 0 amide bonds. The third-order valence-corrected chi connectivity index (χ3v) is 8.80. The Bertz CT molecular complexity index is 2240. The second-order valence-electron chi connectivity index (χ2n) is 10.7. The van der Waals surface area contributed by atoms with Crippen molar-refractivity contribution in [3.63, 3.8) is 0 Å². The highest BCUT2D eigenvalue weighted by Crippen LogP contribution is 2.14. The molecule has 10 nitrogen and oxygen atoms in total. The Morgan fingerprint density at radius 2 is 0.941 bits per heavy atom. The van der Waals surface area contributed by atoms with Crippen LogP contribution in [-0.2, 0) is 33.3 Å². The highest BCUT2D eigenvalue weighted by Gasteiger charge is 2.12. The van der Waals surface area contributed by atoms with Crippen LogP contribution in [0.4, 0.5) is 0 Å². The number of aldehydes is 2. The minimum atomic E-state index is -4.27. The number of rotatable bonds is 8. The largest absolute Gasteiger partial charge is 0.744 e. The van der Waals surface area contributed by atoms with Gasteiger partial charge in [-0.25, -0.2) is 16.8 Å². The number of para-hydroxylation sites is 2. The van der Waals surface area contributed by atoms with E-state index in [0.717, 1.165) is 51.1 Å². The Labute approximate surface area is 297 Å². The number of nitrogens with zero attached hydrogens (tertiary/aromatic N) is 2. The molecule has 0 unspecified atom stereocenters. The van der Waals surface area contributed by atoms with Gasteiger partial charge in [-0.1, -0.05) is 61.2 Å². The summed E-state index contributed by atoms with van der Waals surface area (Å²) in [5, 5.41) is 2.15. The molecule has 51 heavy (non-hydrogen) atoms. The lowest BCUT2D eigenvalue weighted by molar-refractivity contribution is -0.661. The van der Waals surface area contributed by atoms with Crippen LogP contribution in [0.15, 0.2) is 163 Å². The fourth-order valence-corrected chi connectivity index (χ4v) is 5.77. The molecule has 6 rings (SSSR count). The first kappa shape index (κ1) is 39.8. The Kier molecular flexibility index (Phi) is 14.8. The number of benzene rings is 4. The number of aromatic nitrogens is 2. The minimum Gasteiger partial charge on any atom is -0.744 e. The van der Waals surface area contributed by atoms with Crippen molar-refractivity contribution in [1.29, 1.82) is 0 Å². The normalized spacial score (nSPS) is 10.6. The highest BCUT2D eigenvalue weighted by atomic mass is 32.2. The number of carbonyl (C=O) groups is 2. The van der Waals surface area contributed by atoms with E-state index in [-0.39, 0.29) is 9.79 Å². The van der Waals surface area contributed by atoms with E-state index < -0.39 is 20.2 Å². The lowest BCUT2D eigenvalue weighted by atomic mass is 10.1. The van der Waals surface area contributed by atoms with Gasteiger partial charge < -0.3 is 9.11 Å². The lowest BCUT2D eigenvalue weighted by Crippen LogP contribution is -2.33. The van der Waals surface area contributed by atoms with Gasteiger partial charge >= 0.3 is 0 Å². The molecule has 0 bridgehead atoms. The van der Waals surface area contributed by atoms with E-state index in [1.807, 2.05) is 101 Å². The van der Waals surface area contributed by atoms with Crippen molar-refractivity contribution in [2.75, 3.05) is 0 Å². The summed E-state index contributed by atoms with van der Waals surface area (Å²) in [5.74, 6) is 0. The van der Waals surface area contributed by atoms with Crippen molar-refractivity contribution < 1.29 is 44.7 Å². The summed E-state index contributed by atoms with van der Waals surface area (Å²) < 4.78 is 66.0. The summed E-state index contributed by atoms with van der Waals surface area (Å²) in [6, 6.07) is 32.4. The standard InChI is InChI=1S/2C13H12NO.C7H8O3S.C6H6O3S/c2*1-2-8-14-9-4-7-11-5-3-6-12(10-15)13(11)14;1-6-2-4-7(5-3-6)11(8,9)10;7-10(8,9)6-4-2-1-3-5-6/h2*2-7,9-10H,1,8H2;2-5H,1H3,(H,8,9,10);1-5H,(H,7,8,9)/q2*+1;;/p-2. The minimum absolute atomic E-state index is 0.178. The van der Waals surface area contributed by atoms with E-state index in [0.29, 0.717) is 13.1 Å². The number of aryl methyl sites for hydroxylation is 1. The second-order valence-corrected chi connectivity index (χ2v) is 13.5. The van der Waals surface area contributed by atoms with Crippen LogP contribution in [0.1, 0.15) is 26.3 Å². The van der Waals surface area contributed by atoms with E-state index in [2.05, 4.69) is 13.2 Å². The molecule has 0 atom stereocenters. The first-order valence-corrected chi connectivity index (χ1v) is 18.1. The average molecular weight is 725 g/mol. The van der Waals surface area contributed by atoms with Crippen LogP contribution in [0.3, 0.4) is 0 Å². The van der Waals surface area contributed by atoms with Gasteiger partial charge in [-0.05, 0) is 79.7 Å². The summed E-state index contributed by atoms with van der Waals surface area (Å²) in [6.07, 6.45) is 9.33. The summed E-state index contributed by atoms with van der Waals surface area (Å²) >= 11 is 0. The number of pyridine rings is 2. The van der Waals surface area contributed by atoms with Gasteiger partial charge in [0.15, 0.2) is 38.1 Å². The average Bonchev–Trinajstić information content (AvgIpc) is 3.12. The van der Waals surface area contributed by atoms with Crippen molar-refractivity contribution >= 4 is 54.6 Å². The Morgan fingerprint density at radius 1 is 0.549 bits per heavy atom. The molecule has 2 aromatic heterocycles. The summed E-state index contributed by atoms with van der Waals surface area (Å²) in [6.45, 7) is 10.7. The van der Waals surface area contributed by atoms with Gasteiger partial charge in [0, 0.05) is 22.9 Å². The molecule has 4 aromatic carbocycles. The zero-order valence-corrected chi connectivity index (χ0v) is 29.4. The van der Waals surface area contributed by atoms with Gasteiger partial charge in [0.1, 0.15) is 20.2 Å². The van der Waals surface area contributed by atoms with E-state index in [1.165, 1.54) is 36.4 Å². The quantitative estimate of drug-likeness (QED) is 0.0833. The van der Waals surface area contributed by atoms with E-state index in [1.54, 1.807) is 18.2 Å². The van der Waals surface area contributed by atoms with Crippen LogP contribution in [0.5, 0.6) is 0 Å². The fraction of sp³-hybridized carbons (Fsp3) is 0.0769. The first-order valence-electron chi connectivity index (χ1n) is 15.3. The zero-order chi connectivity index (χ0) is 37.4. The van der Waals surface area contributed by atoms with Crippen LogP contribution in [0, 0.1) is 6.92 Å². The number of carbonyl (C=O) groups excluding carboxylic acids is 2. The maximum atomic E-state index is 10.9. The van der Waals surface area contributed by atoms with Crippen LogP contribution in [-0.4, -0.2) is 38.5 Å². The summed E-state index contributed by atoms with van der Waals surface area (Å²) in [7, 11) is -8.52. The van der Waals surface area contributed by atoms with Gasteiger partial charge in [0.25, 0.3) is 0 Å². The fourth-order valence-electron chi connectivity index (χ4n) is 4.81. The van der Waals surface area contributed by atoms with Gasteiger partial charge in [-0.2, -0.15) is 9.13 Å². The third kappa shape index (κ3) is 11.7. The molecule has 12 heteroatoms. The SMILES string of the molecule is C=CC[n+]1cccc2cccc(C=O)c21.C=CC[n+]1cccc2cccc(C=O)c21.Cc1ccc(S(=O)(=O)[O-])cc1.O=S(=O)([O-])c1ccccc1. The number of hydrogen-bond acceptors (Lipinski definition) is 8. The summed E-state index contributed by atoms with van der Waals surface area (Å²) in [5.41, 5.74) is 4.30. The molecule has 0 aliphatic heterocycles. The second kappa shape index (κ2) is 18.9. The van der Waals surface area contributed by atoms with Crippen molar-refractivity contribution in [2.24, 2.45) is 0 Å². The van der Waals surface area contributed by atoms with Crippen LogP contribution in [0.2, 0.25) is 0 Å². The number of fused-ring (bicyclic) bond motifs is 2.